The summed E-state index contributed by atoms with van der Waals surface area (Å²) < 4.78 is 0. The number of pyridine rings is 1. The van der Waals surface area contributed by atoms with Gasteiger partial charge in [0.1, 0.15) is 5.65 Å². The molecule has 1 N–H and O–H groups in total. The zero-order chi connectivity index (χ0) is 20.0. The lowest BCUT2D eigenvalue weighted by molar-refractivity contribution is -0.139. The molecule has 0 bridgehead atoms. The van der Waals surface area contributed by atoms with Crippen LogP contribution in [0.2, 0.25) is 0 Å². The molecule has 0 spiro atoms. The second-order valence-electron chi connectivity index (χ2n) is 7.83. The molecule has 1 aliphatic heterocycles. The second kappa shape index (κ2) is 7.16. The largest absolute Gasteiger partial charge is 0.367 e. The number of hydrogen-bond acceptors (Lipinski definition) is 6. The molecular formula is C21H22N6OS. The molecule has 0 aromatic carbocycles. The van der Waals surface area contributed by atoms with E-state index < -0.39 is 0 Å². The Balaban J connectivity index is 1.31. The van der Waals surface area contributed by atoms with Crippen LogP contribution in [-0.2, 0) is 4.79 Å². The third kappa shape index (κ3) is 3.25. The molecule has 1 saturated carbocycles. The summed E-state index contributed by atoms with van der Waals surface area (Å²) in [6.45, 7) is 5.05. The highest BCUT2D eigenvalue weighted by molar-refractivity contribution is 7.09. The van der Waals surface area contributed by atoms with E-state index in [0.29, 0.717) is 0 Å². The first-order valence-electron chi connectivity index (χ1n) is 9.96. The van der Waals surface area contributed by atoms with Crippen LogP contribution in [0.1, 0.15) is 17.8 Å². The summed E-state index contributed by atoms with van der Waals surface area (Å²) in [7, 11) is 0. The van der Waals surface area contributed by atoms with Crippen molar-refractivity contribution in [1.82, 2.24) is 19.9 Å². The fourth-order valence-corrected chi connectivity index (χ4v) is 4.88. The molecule has 4 heterocycles. The molecule has 0 atom stereocenters. The number of carbonyl (C=O) groups excluding carboxylic acids is 1. The number of anilines is 1. The van der Waals surface area contributed by atoms with Gasteiger partial charge in [0.05, 0.1) is 22.5 Å². The van der Waals surface area contributed by atoms with Gasteiger partial charge in [-0.3, -0.25) is 4.79 Å². The van der Waals surface area contributed by atoms with Gasteiger partial charge in [0.2, 0.25) is 5.91 Å². The van der Waals surface area contributed by atoms with Gasteiger partial charge in [-0.25, -0.2) is 9.97 Å². The summed E-state index contributed by atoms with van der Waals surface area (Å²) in [4.78, 5) is 29.4. The van der Waals surface area contributed by atoms with Crippen LogP contribution in [0.25, 0.3) is 22.4 Å². The Morgan fingerprint density at radius 2 is 2.10 bits per heavy atom. The number of nitrogens with one attached hydrogen (secondary N) is 1. The number of aryl methyl sites for hydroxylation is 1. The zero-order valence-corrected chi connectivity index (χ0v) is 17.1. The molecule has 3 aromatic rings. The van der Waals surface area contributed by atoms with E-state index in [1.165, 1.54) is 0 Å². The van der Waals surface area contributed by atoms with Gasteiger partial charge in [-0.15, -0.1) is 11.3 Å². The third-order valence-electron chi connectivity index (χ3n) is 6.01. The van der Waals surface area contributed by atoms with Crippen molar-refractivity contribution in [3.8, 4) is 17.5 Å². The van der Waals surface area contributed by atoms with Crippen molar-refractivity contribution < 1.29 is 4.79 Å². The van der Waals surface area contributed by atoms with Crippen molar-refractivity contribution in [2.45, 2.75) is 19.8 Å². The molecule has 8 heteroatoms. The van der Waals surface area contributed by atoms with Gasteiger partial charge in [-0.1, -0.05) is 0 Å². The Bertz CT molecular complexity index is 1100. The Morgan fingerprint density at radius 3 is 2.79 bits per heavy atom. The van der Waals surface area contributed by atoms with E-state index in [4.69, 9.17) is 5.26 Å². The molecule has 0 unspecified atom stereocenters. The average molecular weight is 407 g/mol. The number of hydrogen-bond donors (Lipinski definition) is 1. The van der Waals surface area contributed by atoms with Crippen LogP contribution >= 0.6 is 11.3 Å². The SMILES string of the molecule is Cc1nc(-c2cc3c(N4CCN(C(=O)[C@H]5C[C@H](C#N)C5)CC4)ccnc3[nH]2)cs1. The Morgan fingerprint density at radius 1 is 1.31 bits per heavy atom. The minimum Gasteiger partial charge on any atom is -0.367 e. The molecule has 1 saturated heterocycles. The number of nitriles is 1. The summed E-state index contributed by atoms with van der Waals surface area (Å²) >= 11 is 1.64. The number of fused-ring (bicyclic) bond motifs is 1. The predicted octanol–water partition coefficient (Wildman–Crippen LogP) is 3.19. The molecular weight excluding hydrogens is 384 g/mol. The maximum absolute atomic E-state index is 12.6. The number of piperazine rings is 1. The maximum atomic E-state index is 12.6. The molecule has 7 nitrogen and oxygen atoms in total. The molecule has 148 valence electrons. The van der Waals surface area contributed by atoms with E-state index in [1.807, 2.05) is 24.1 Å². The second-order valence-corrected chi connectivity index (χ2v) is 8.90. The Hall–Kier alpha value is -2.92. The predicted molar refractivity (Wildman–Crippen MR) is 113 cm³/mol. The van der Waals surface area contributed by atoms with Gasteiger partial charge in [0.25, 0.3) is 0 Å². The smallest absolute Gasteiger partial charge is 0.225 e. The summed E-state index contributed by atoms with van der Waals surface area (Å²) in [5.41, 5.74) is 3.93. The van der Waals surface area contributed by atoms with E-state index in [0.717, 1.165) is 72.1 Å². The molecule has 0 radical (unpaired) electrons. The highest BCUT2D eigenvalue weighted by Crippen LogP contribution is 2.35. The standard InChI is InChI=1S/C21H22N6OS/c1-13-24-18(12-29-13)17-10-16-19(2-3-23-20(16)25-17)26-4-6-27(7-5-26)21(28)15-8-14(9-15)11-22/h2-3,10,12,14-15H,4-9H2,1H3,(H,23,25)/t14-,15-. The normalized spacial score (nSPS) is 21.8. The van der Waals surface area contributed by atoms with Gasteiger partial charge >= 0.3 is 0 Å². The van der Waals surface area contributed by atoms with Crippen molar-refractivity contribution >= 4 is 34.0 Å². The topological polar surface area (TPSA) is 88.9 Å². The highest BCUT2D eigenvalue weighted by atomic mass is 32.1. The van der Waals surface area contributed by atoms with Gasteiger partial charge in [-0.2, -0.15) is 5.26 Å². The van der Waals surface area contributed by atoms with Crippen molar-refractivity contribution in [2.75, 3.05) is 31.1 Å². The average Bonchev–Trinajstić information content (AvgIpc) is 3.33. The maximum Gasteiger partial charge on any atom is 0.225 e. The number of rotatable bonds is 3. The lowest BCUT2D eigenvalue weighted by Crippen LogP contribution is -2.52. The molecule has 3 aromatic heterocycles. The van der Waals surface area contributed by atoms with Crippen molar-refractivity contribution in [2.24, 2.45) is 11.8 Å². The van der Waals surface area contributed by atoms with Gasteiger partial charge in [0.15, 0.2) is 0 Å². The third-order valence-corrected chi connectivity index (χ3v) is 6.78. The molecule has 29 heavy (non-hydrogen) atoms. The summed E-state index contributed by atoms with van der Waals surface area (Å²) in [6.07, 6.45) is 3.28. The number of nitrogens with zero attached hydrogens (tertiary/aromatic N) is 5. The Labute approximate surface area is 173 Å². The number of aromatic nitrogens is 3. The Kier molecular flexibility index (Phi) is 4.47. The lowest BCUT2D eigenvalue weighted by atomic mass is 9.75. The summed E-state index contributed by atoms with van der Waals surface area (Å²) in [6, 6.07) is 6.43. The first-order valence-corrected chi connectivity index (χ1v) is 10.8. The number of amides is 1. The van der Waals surface area contributed by atoms with Gasteiger partial charge in [0, 0.05) is 60.7 Å². The van der Waals surface area contributed by atoms with Crippen LogP contribution in [0, 0.1) is 30.1 Å². The first kappa shape index (κ1) is 18.1. The minimum absolute atomic E-state index is 0.0487. The molecule has 5 rings (SSSR count). The quantitative estimate of drug-likeness (QED) is 0.722. The van der Waals surface area contributed by atoms with Crippen LogP contribution in [0.4, 0.5) is 5.69 Å². The fraction of sp³-hybridized carbons (Fsp3) is 0.429. The van der Waals surface area contributed by atoms with Crippen LogP contribution in [0.15, 0.2) is 23.7 Å². The van der Waals surface area contributed by atoms with Crippen molar-refractivity contribution in [3.05, 3.63) is 28.7 Å². The van der Waals surface area contributed by atoms with Crippen LogP contribution in [0.5, 0.6) is 0 Å². The molecule has 2 fully saturated rings. The highest BCUT2D eigenvalue weighted by Gasteiger charge is 2.37. The molecule has 1 amide bonds. The number of aromatic amines is 1. The zero-order valence-electron chi connectivity index (χ0n) is 16.3. The van der Waals surface area contributed by atoms with Crippen molar-refractivity contribution in [1.29, 1.82) is 5.26 Å². The summed E-state index contributed by atoms with van der Waals surface area (Å²) in [5, 5.41) is 13.1. The van der Waals surface area contributed by atoms with Crippen LogP contribution in [0.3, 0.4) is 0 Å². The first-order chi connectivity index (χ1) is 14.1. The molecule has 2 aliphatic rings. The van der Waals surface area contributed by atoms with Crippen molar-refractivity contribution in [3.63, 3.8) is 0 Å². The van der Waals surface area contributed by atoms with Crippen LogP contribution < -0.4 is 4.90 Å². The monoisotopic (exact) mass is 406 g/mol. The van der Waals surface area contributed by atoms with E-state index in [9.17, 15) is 4.79 Å². The fourth-order valence-electron chi connectivity index (χ4n) is 4.26. The molecule has 1 aliphatic carbocycles. The number of H-pyrrole nitrogens is 1. The van der Waals surface area contributed by atoms with E-state index in [2.05, 4.69) is 37.4 Å². The van der Waals surface area contributed by atoms with E-state index in [-0.39, 0.29) is 17.7 Å². The van der Waals surface area contributed by atoms with Crippen LogP contribution in [-0.4, -0.2) is 51.9 Å². The lowest BCUT2D eigenvalue weighted by Gasteiger charge is -2.40. The van der Waals surface area contributed by atoms with Gasteiger partial charge < -0.3 is 14.8 Å². The summed E-state index contributed by atoms with van der Waals surface area (Å²) in [5.74, 6) is 0.339. The number of thiazole rings is 1. The number of carbonyl (C=O) groups is 1. The van der Waals surface area contributed by atoms with Gasteiger partial charge in [-0.05, 0) is 31.9 Å². The van der Waals surface area contributed by atoms with E-state index in [1.54, 1.807) is 11.3 Å². The van der Waals surface area contributed by atoms with E-state index >= 15 is 0 Å². The minimum atomic E-state index is 0.0487.